The highest BCUT2D eigenvalue weighted by Crippen LogP contribution is 2.17. The third-order valence-electron chi connectivity index (χ3n) is 3.37. The Labute approximate surface area is 114 Å². The molecule has 1 saturated heterocycles. The normalized spacial score (nSPS) is 16.4. The van der Waals surface area contributed by atoms with Gasteiger partial charge >= 0.3 is 0 Å². The predicted molar refractivity (Wildman–Crippen MR) is 71.8 cm³/mol. The van der Waals surface area contributed by atoms with Gasteiger partial charge in [0.05, 0.1) is 6.20 Å². The Hall–Kier alpha value is -1.65. The molecule has 19 heavy (non-hydrogen) atoms. The van der Waals surface area contributed by atoms with Crippen molar-refractivity contribution in [1.29, 1.82) is 0 Å². The molecule has 2 rings (SSSR count). The van der Waals surface area contributed by atoms with Crippen molar-refractivity contribution in [3.05, 3.63) is 18.6 Å². The molecule has 1 aromatic rings. The lowest BCUT2D eigenvalue weighted by molar-refractivity contribution is -0.133. The lowest BCUT2D eigenvalue weighted by Gasteiger charge is -2.31. The summed E-state index contributed by atoms with van der Waals surface area (Å²) < 4.78 is 5.75. The molecule has 5 heteroatoms. The van der Waals surface area contributed by atoms with Crippen LogP contribution in [-0.2, 0) is 4.79 Å². The highest BCUT2D eigenvalue weighted by molar-refractivity contribution is 5.76. The average molecular weight is 263 g/mol. The van der Waals surface area contributed by atoms with Gasteiger partial charge in [-0.05, 0) is 6.42 Å². The maximum atomic E-state index is 11.9. The Morgan fingerprint density at radius 3 is 2.84 bits per heavy atom. The van der Waals surface area contributed by atoms with E-state index >= 15 is 0 Å². The highest BCUT2D eigenvalue weighted by atomic mass is 16.5. The van der Waals surface area contributed by atoms with Crippen LogP contribution in [0.2, 0.25) is 0 Å². The van der Waals surface area contributed by atoms with Gasteiger partial charge in [0.2, 0.25) is 11.8 Å². The van der Waals surface area contributed by atoms with Crippen LogP contribution in [0.1, 0.15) is 39.0 Å². The summed E-state index contributed by atoms with van der Waals surface area (Å²) in [6.07, 6.45) is 9.48. The first-order chi connectivity index (χ1) is 9.29. The Kier molecular flexibility index (Phi) is 5.12. The molecule has 0 radical (unpaired) electrons. The van der Waals surface area contributed by atoms with Gasteiger partial charge in [0, 0.05) is 44.7 Å². The third-order valence-corrected chi connectivity index (χ3v) is 3.37. The van der Waals surface area contributed by atoms with Crippen LogP contribution in [0.3, 0.4) is 0 Å². The number of aromatic nitrogens is 2. The molecule has 0 atom stereocenters. The number of amides is 1. The highest BCUT2D eigenvalue weighted by Gasteiger charge is 2.23. The van der Waals surface area contributed by atoms with Crippen LogP contribution in [-0.4, -0.2) is 40.0 Å². The van der Waals surface area contributed by atoms with Gasteiger partial charge in [-0.1, -0.05) is 13.3 Å². The molecule has 1 amide bonds. The molecule has 0 bridgehead atoms. The maximum Gasteiger partial charge on any atom is 0.232 e. The van der Waals surface area contributed by atoms with Crippen LogP contribution in [0.4, 0.5) is 0 Å². The van der Waals surface area contributed by atoms with Crippen molar-refractivity contribution in [3.8, 4) is 5.88 Å². The van der Waals surface area contributed by atoms with Gasteiger partial charge in [0.25, 0.3) is 0 Å². The van der Waals surface area contributed by atoms with E-state index in [9.17, 15) is 4.79 Å². The molecule has 0 saturated carbocycles. The largest absolute Gasteiger partial charge is 0.473 e. The second-order valence-corrected chi connectivity index (χ2v) is 4.85. The van der Waals surface area contributed by atoms with Crippen LogP contribution in [0, 0.1) is 0 Å². The smallest absolute Gasteiger partial charge is 0.232 e. The number of hydrogen-bond donors (Lipinski definition) is 0. The number of ether oxygens (including phenoxy) is 1. The summed E-state index contributed by atoms with van der Waals surface area (Å²) in [5, 5.41) is 0. The van der Waals surface area contributed by atoms with E-state index in [1.54, 1.807) is 18.6 Å². The number of likely N-dealkylation sites (tertiary alicyclic amines) is 1. The minimum atomic E-state index is 0.145. The predicted octanol–water partition coefficient (Wildman–Crippen LogP) is 2.04. The van der Waals surface area contributed by atoms with Crippen molar-refractivity contribution in [2.24, 2.45) is 0 Å². The van der Waals surface area contributed by atoms with Gasteiger partial charge in [0.1, 0.15) is 6.10 Å². The molecule has 2 heterocycles. The van der Waals surface area contributed by atoms with E-state index in [0.717, 1.165) is 38.8 Å². The van der Waals surface area contributed by atoms with Crippen LogP contribution in [0.25, 0.3) is 0 Å². The number of piperidine rings is 1. The SMILES string of the molecule is CCCCC(=O)N1CCC(Oc2cnccn2)CC1. The molecule has 1 aromatic heterocycles. The van der Waals surface area contributed by atoms with Crippen LogP contribution in [0.5, 0.6) is 5.88 Å². The number of hydrogen-bond acceptors (Lipinski definition) is 4. The average Bonchev–Trinajstić information content (AvgIpc) is 2.46. The van der Waals surface area contributed by atoms with E-state index < -0.39 is 0 Å². The van der Waals surface area contributed by atoms with Gasteiger partial charge in [-0.3, -0.25) is 9.78 Å². The van der Waals surface area contributed by atoms with Crippen molar-refractivity contribution < 1.29 is 9.53 Å². The fourth-order valence-corrected chi connectivity index (χ4v) is 2.23. The summed E-state index contributed by atoms with van der Waals surface area (Å²) in [5.41, 5.74) is 0. The first kappa shape index (κ1) is 13.8. The third kappa shape index (κ3) is 4.19. The van der Waals surface area contributed by atoms with E-state index in [1.165, 1.54) is 0 Å². The molecule has 0 N–H and O–H groups in total. The lowest BCUT2D eigenvalue weighted by Crippen LogP contribution is -2.41. The van der Waals surface area contributed by atoms with E-state index in [-0.39, 0.29) is 12.0 Å². The summed E-state index contributed by atoms with van der Waals surface area (Å²) in [5.74, 6) is 0.845. The molecule has 0 aliphatic carbocycles. The van der Waals surface area contributed by atoms with E-state index in [2.05, 4.69) is 16.9 Å². The quantitative estimate of drug-likeness (QED) is 0.815. The minimum Gasteiger partial charge on any atom is -0.473 e. The second-order valence-electron chi connectivity index (χ2n) is 4.85. The van der Waals surface area contributed by atoms with Crippen LogP contribution >= 0.6 is 0 Å². The van der Waals surface area contributed by atoms with Crippen molar-refractivity contribution in [3.63, 3.8) is 0 Å². The molecule has 0 aromatic carbocycles. The minimum absolute atomic E-state index is 0.145. The molecule has 5 nitrogen and oxygen atoms in total. The molecular formula is C14H21N3O2. The Bertz CT molecular complexity index is 389. The Morgan fingerprint density at radius 1 is 1.42 bits per heavy atom. The number of carbonyl (C=O) groups excluding carboxylic acids is 1. The number of unbranched alkanes of at least 4 members (excludes halogenated alkanes) is 1. The molecule has 0 spiro atoms. The zero-order chi connectivity index (χ0) is 13.5. The number of rotatable bonds is 5. The second kappa shape index (κ2) is 7.07. The van der Waals surface area contributed by atoms with Crippen molar-refractivity contribution in [2.75, 3.05) is 13.1 Å². The van der Waals surface area contributed by atoms with E-state index in [0.29, 0.717) is 12.3 Å². The van der Waals surface area contributed by atoms with Crippen LogP contribution in [0.15, 0.2) is 18.6 Å². The molecule has 1 aliphatic rings. The first-order valence-electron chi connectivity index (χ1n) is 7.00. The van der Waals surface area contributed by atoms with Gasteiger partial charge in [-0.15, -0.1) is 0 Å². The molecule has 0 unspecified atom stereocenters. The van der Waals surface area contributed by atoms with Crippen molar-refractivity contribution in [1.82, 2.24) is 14.9 Å². The topological polar surface area (TPSA) is 55.3 Å². The summed E-state index contributed by atoms with van der Waals surface area (Å²) >= 11 is 0. The van der Waals surface area contributed by atoms with Crippen molar-refractivity contribution >= 4 is 5.91 Å². The molecule has 1 fully saturated rings. The Morgan fingerprint density at radius 2 is 2.21 bits per heavy atom. The van der Waals surface area contributed by atoms with Crippen LogP contribution < -0.4 is 4.74 Å². The maximum absolute atomic E-state index is 11.9. The monoisotopic (exact) mass is 263 g/mol. The fraction of sp³-hybridized carbons (Fsp3) is 0.643. The van der Waals surface area contributed by atoms with Gasteiger partial charge in [-0.2, -0.15) is 0 Å². The van der Waals surface area contributed by atoms with Gasteiger partial charge in [0.15, 0.2) is 0 Å². The first-order valence-corrected chi connectivity index (χ1v) is 7.00. The number of carbonyl (C=O) groups is 1. The number of nitrogens with zero attached hydrogens (tertiary/aromatic N) is 3. The molecule has 1 aliphatic heterocycles. The summed E-state index contributed by atoms with van der Waals surface area (Å²) in [6.45, 7) is 3.68. The van der Waals surface area contributed by atoms with Gasteiger partial charge in [-0.25, -0.2) is 4.98 Å². The summed E-state index contributed by atoms with van der Waals surface area (Å²) in [6, 6.07) is 0. The standard InChI is InChI=1S/C14H21N3O2/c1-2-3-4-14(18)17-9-5-12(6-10-17)19-13-11-15-7-8-16-13/h7-8,11-12H,2-6,9-10H2,1H3. The zero-order valence-electron chi connectivity index (χ0n) is 11.4. The summed E-state index contributed by atoms with van der Waals surface area (Å²) in [7, 11) is 0. The fourth-order valence-electron chi connectivity index (χ4n) is 2.23. The molecular weight excluding hydrogens is 242 g/mol. The zero-order valence-corrected chi connectivity index (χ0v) is 11.4. The van der Waals surface area contributed by atoms with E-state index in [4.69, 9.17) is 4.74 Å². The summed E-state index contributed by atoms with van der Waals surface area (Å²) in [4.78, 5) is 21.9. The lowest BCUT2D eigenvalue weighted by atomic mass is 10.1. The van der Waals surface area contributed by atoms with Gasteiger partial charge < -0.3 is 9.64 Å². The van der Waals surface area contributed by atoms with Crippen molar-refractivity contribution in [2.45, 2.75) is 45.1 Å². The van der Waals surface area contributed by atoms with E-state index in [1.807, 2.05) is 4.90 Å². The Balaban J connectivity index is 1.75. The molecule has 104 valence electrons.